The topological polar surface area (TPSA) is 89.4 Å². The predicted octanol–water partition coefficient (Wildman–Crippen LogP) is 3.19. The maximum absolute atomic E-state index is 12.7. The number of sulfonamides is 1. The minimum Gasteiger partial charge on any atom is -0.244 e. The summed E-state index contributed by atoms with van der Waals surface area (Å²) in [6, 6.07) is 10.6. The van der Waals surface area contributed by atoms with Crippen LogP contribution in [0.5, 0.6) is 0 Å². The highest BCUT2D eigenvalue weighted by molar-refractivity contribution is 8.03. The summed E-state index contributed by atoms with van der Waals surface area (Å²) in [6.07, 6.45) is 1.27. The summed E-state index contributed by atoms with van der Waals surface area (Å²) in [5, 5.41) is 0.463. The third-order valence-corrected chi connectivity index (χ3v) is 7.77. The van der Waals surface area contributed by atoms with Crippen molar-refractivity contribution in [1.29, 1.82) is 0 Å². The van der Waals surface area contributed by atoms with Gasteiger partial charge in [-0.3, -0.25) is 0 Å². The number of halogens is 1. The van der Waals surface area contributed by atoms with Gasteiger partial charge in [-0.1, -0.05) is 17.7 Å². The molecular formula is C13H10ClN3O3S3. The van der Waals surface area contributed by atoms with E-state index in [2.05, 4.69) is 12.5 Å². The van der Waals surface area contributed by atoms with Gasteiger partial charge in [0.1, 0.15) is 15.9 Å². The SMILES string of the molecule is C[S@@](=O)(=NS(=O)(=O)c1cccc2nsnc12)c1ccc(Cl)cc1. The summed E-state index contributed by atoms with van der Waals surface area (Å²) >= 11 is 6.69. The van der Waals surface area contributed by atoms with Crippen molar-refractivity contribution in [1.82, 2.24) is 8.75 Å². The smallest absolute Gasteiger partial charge is 0.244 e. The van der Waals surface area contributed by atoms with Gasteiger partial charge in [0.15, 0.2) is 0 Å². The minimum absolute atomic E-state index is 0.104. The molecule has 120 valence electrons. The Morgan fingerprint density at radius 1 is 1.04 bits per heavy atom. The van der Waals surface area contributed by atoms with Crippen molar-refractivity contribution in [3.8, 4) is 0 Å². The summed E-state index contributed by atoms with van der Waals surface area (Å²) < 4.78 is 49.5. The van der Waals surface area contributed by atoms with Crippen LogP contribution in [0.25, 0.3) is 11.0 Å². The number of aromatic nitrogens is 2. The highest BCUT2D eigenvalue weighted by Gasteiger charge is 2.21. The van der Waals surface area contributed by atoms with Gasteiger partial charge in [0.05, 0.1) is 21.5 Å². The van der Waals surface area contributed by atoms with Crippen molar-refractivity contribution < 1.29 is 12.6 Å². The fraction of sp³-hybridized carbons (Fsp3) is 0.0769. The molecule has 0 unspecified atom stereocenters. The molecule has 0 bridgehead atoms. The van der Waals surface area contributed by atoms with Crippen LogP contribution >= 0.6 is 23.3 Å². The lowest BCUT2D eigenvalue weighted by Crippen LogP contribution is -2.05. The van der Waals surface area contributed by atoms with Crippen molar-refractivity contribution in [3.63, 3.8) is 0 Å². The van der Waals surface area contributed by atoms with Crippen molar-refractivity contribution in [2.45, 2.75) is 9.79 Å². The van der Waals surface area contributed by atoms with Crippen molar-refractivity contribution in [2.75, 3.05) is 6.26 Å². The van der Waals surface area contributed by atoms with Crippen molar-refractivity contribution in [3.05, 3.63) is 47.5 Å². The molecule has 2 aromatic carbocycles. The molecule has 23 heavy (non-hydrogen) atoms. The van der Waals surface area contributed by atoms with Crippen LogP contribution < -0.4 is 0 Å². The molecule has 3 aromatic rings. The first-order chi connectivity index (χ1) is 10.8. The van der Waals surface area contributed by atoms with Crippen molar-refractivity contribution >= 4 is 54.1 Å². The van der Waals surface area contributed by atoms with Crippen LogP contribution in [0.15, 0.2) is 56.0 Å². The highest BCUT2D eigenvalue weighted by atomic mass is 35.5. The van der Waals surface area contributed by atoms with Crippen LogP contribution in [-0.4, -0.2) is 27.6 Å². The Hall–Kier alpha value is -1.55. The van der Waals surface area contributed by atoms with Crippen LogP contribution in [-0.2, 0) is 19.8 Å². The number of benzene rings is 2. The van der Waals surface area contributed by atoms with Gasteiger partial charge in [0.2, 0.25) is 0 Å². The Balaban J connectivity index is 2.18. The molecule has 0 aliphatic heterocycles. The first-order valence-corrected chi connectivity index (χ1v) is 10.7. The minimum atomic E-state index is -4.15. The molecule has 1 heterocycles. The van der Waals surface area contributed by atoms with E-state index in [-0.39, 0.29) is 15.3 Å². The van der Waals surface area contributed by atoms with Crippen LogP contribution in [0.4, 0.5) is 0 Å². The average Bonchev–Trinajstić information content (AvgIpc) is 2.94. The molecule has 0 aliphatic rings. The predicted molar refractivity (Wildman–Crippen MR) is 90.8 cm³/mol. The van der Waals surface area contributed by atoms with Crippen LogP contribution in [0, 0.1) is 0 Å². The summed E-state index contributed by atoms with van der Waals surface area (Å²) in [5.74, 6) is 0. The van der Waals surface area contributed by atoms with E-state index in [1.165, 1.54) is 36.6 Å². The van der Waals surface area contributed by atoms with Gasteiger partial charge in [0.25, 0.3) is 10.0 Å². The molecule has 0 saturated carbocycles. The van der Waals surface area contributed by atoms with Gasteiger partial charge in [-0.05, 0) is 36.4 Å². The van der Waals surface area contributed by atoms with Crippen LogP contribution in [0.3, 0.4) is 0 Å². The lowest BCUT2D eigenvalue weighted by atomic mass is 10.3. The number of fused-ring (bicyclic) bond motifs is 1. The first-order valence-electron chi connectivity index (χ1n) is 6.25. The van der Waals surface area contributed by atoms with E-state index >= 15 is 0 Å². The summed E-state index contributed by atoms with van der Waals surface area (Å²) in [4.78, 5) is 0.182. The lowest BCUT2D eigenvalue weighted by Gasteiger charge is -2.05. The Kier molecular flexibility index (Phi) is 4.13. The second kappa shape index (κ2) is 5.82. The molecule has 6 nitrogen and oxygen atoms in total. The molecule has 0 amide bonds. The van der Waals surface area contributed by atoms with E-state index in [1.54, 1.807) is 12.1 Å². The quantitative estimate of drug-likeness (QED) is 0.688. The number of rotatable bonds is 3. The van der Waals surface area contributed by atoms with Crippen molar-refractivity contribution in [2.24, 2.45) is 3.77 Å². The Morgan fingerprint density at radius 3 is 2.43 bits per heavy atom. The summed E-state index contributed by atoms with van der Waals surface area (Å²) in [5.41, 5.74) is 0.688. The molecule has 0 saturated heterocycles. The summed E-state index contributed by atoms with van der Waals surface area (Å²) in [7, 11) is -7.30. The molecule has 0 fully saturated rings. The standard InChI is InChI=1S/C13H10ClN3O3S3/c1-22(18,10-7-5-9(14)6-8-10)17-23(19,20)12-4-2-3-11-13(12)16-21-15-11/h2-8H,1H3/t22-/m0/s1. The van der Waals surface area contributed by atoms with E-state index in [4.69, 9.17) is 11.6 Å². The zero-order chi connectivity index (χ0) is 16.7. The van der Waals surface area contributed by atoms with Crippen LogP contribution in [0.2, 0.25) is 5.02 Å². The highest BCUT2D eigenvalue weighted by Crippen LogP contribution is 2.25. The number of hydrogen-bond acceptors (Lipinski definition) is 6. The Labute approximate surface area is 142 Å². The van der Waals surface area contributed by atoms with E-state index in [9.17, 15) is 12.6 Å². The maximum atomic E-state index is 12.7. The molecular weight excluding hydrogens is 378 g/mol. The van der Waals surface area contributed by atoms with E-state index < -0.39 is 19.8 Å². The number of nitrogens with zero attached hydrogens (tertiary/aromatic N) is 3. The van der Waals surface area contributed by atoms with Crippen LogP contribution in [0.1, 0.15) is 0 Å². The maximum Gasteiger partial charge on any atom is 0.292 e. The third kappa shape index (κ3) is 3.23. The second-order valence-corrected chi connectivity index (χ2v) is 9.72. The summed E-state index contributed by atoms with van der Waals surface area (Å²) in [6.45, 7) is 0. The van der Waals surface area contributed by atoms with E-state index in [0.717, 1.165) is 11.7 Å². The van der Waals surface area contributed by atoms with Gasteiger partial charge < -0.3 is 0 Å². The third-order valence-electron chi connectivity index (χ3n) is 3.02. The molecule has 0 aliphatic carbocycles. The lowest BCUT2D eigenvalue weighted by molar-refractivity contribution is 0.598. The monoisotopic (exact) mass is 387 g/mol. The molecule has 0 radical (unpaired) electrons. The van der Waals surface area contributed by atoms with Gasteiger partial charge in [-0.25, -0.2) is 4.21 Å². The molecule has 0 N–H and O–H groups in total. The molecule has 1 aromatic heterocycles. The molecule has 3 rings (SSSR count). The fourth-order valence-corrected chi connectivity index (χ4v) is 6.13. The Morgan fingerprint density at radius 2 is 1.74 bits per heavy atom. The normalized spacial score (nSPS) is 14.5. The average molecular weight is 388 g/mol. The van der Waals surface area contributed by atoms with Gasteiger partial charge in [-0.15, -0.1) is 3.77 Å². The Bertz CT molecular complexity index is 1100. The first kappa shape index (κ1) is 16.3. The molecule has 10 heteroatoms. The van der Waals surface area contributed by atoms with Gasteiger partial charge in [0, 0.05) is 16.2 Å². The largest absolute Gasteiger partial charge is 0.292 e. The zero-order valence-electron chi connectivity index (χ0n) is 11.7. The van der Waals surface area contributed by atoms with Gasteiger partial charge >= 0.3 is 0 Å². The van der Waals surface area contributed by atoms with E-state index in [1.807, 2.05) is 0 Å². The fourth-order valence-electron chi connectivity index (χ4n) is 1.95. The molecule has 1 atom stereocenters. The zero-order valence-corrected chi connectivity index (χ0v) is 14.9. The van der Waals surface area contributed by atoms with Gasteiger partial charge in [-0.2, -0.15) is 17.2 Å². The second-order valence-electron chi connectivity index (χ2n) is 4.69. The molecule has 0 spiro atoms. The number of hydrogen-bond donors (Lipinski definition) is 0. The van der Waals surface area contributed by atoms with E-state index in [0.29, 0.717) is 10.5 Å².